The van der Waals surface area contributed by atoms with Crippen molar-refractivity contribution in [1.29, 1.82) is 0 Å². The molecule has 5 nitrogen and oxygen atoms in total. The van der Waals surface area contributed by atoms with Crippen molar-refractivity contribution < 1.29 is 9.53 Å². The Morgan fingerprint density at radius 1 is 1.50 bits per heavy atom. The smallest absolute Gasteiger partial charge is 0.263 e. The number of thiophene rings is 2. The molecule has 4 N–H and O–H groups in total. The van der Waals surface area contributed by atoms with E-state index in [4.69, 9.17) is 10.5 Å². The minimum Gasteiger partial charge on any atom is -0.492 e. The number of rotatable bonds is 6. The Balaban J connectivity index is 2.19. The highest BCUT2D eigenvalue weighted by Crippen LogP contribution is 2.42. The van der Waals surface area contributed by atoms with Crippen molar-refractivity contribution in [3.05, 3.63) is 27.3 Å². The van der Waals surface area contributed by atoms with Crippen molar-refractivity contribution >= 4 is 39.3 Å². The van der Waals surface area contributed by atoms with Crippen LogP contribution in [-0.2, 0) is 6.54 Å². The highest BCUT2D eigenvalue weighted by molar-refractivity contribution is 7.19. The van der Waals surface area contributed by atoms with Gasteiger partial charge in [0.1, 0.15) is 15.6 Å². The average Bonchev–Trinajstić information content (AvgIpc) is 3.04. The van der Waals surface area contributed by atoms with E-state index in [9.17, 15) is 4.79 Å². The van der Waals surface area contributed by atoms with E-state index in [1.807, 2.05) is 24.4 Å². The first-order chi connectivity index (χ1) is 9.67. The van der Waals surface area contributed by atoms with Gasteiger partial charge in [-0.3, -0.25) is 4.79 Å². The summed E-state index contributed by atoms with van der Waals surface area (Å²) in [6.07, 6.45) is 0. The molecule has 0 spiro atoms. The third kappa shape index (κ3) is 3.05. The summed E-state index contributed by atoms with van der Waals surface area (Å²) in [5.74, 6) is 0.366. The van der Waals surface area contributed by atoms with Crippen LogP contribution in [0.15, 0.2) is 17.5 Å². The maximum atomic E-state index is 11.9. The highest BCUT2D eigenvalue weighted by Gasteiger charge is 2.21. The number of amides is 1. The Kier molecular flexibility index (Phi) is 4.86. The first-order valence-electron chi connectivity index (χ1n) is 6.18. The summed E-state index contributed by atoms with van der Waals surface area (Å²) < 4.78 is 5.30. The summed E-state index contributed by atoms with van der Waals surface area (Å²) in [6, 6.07) is 4.05. The molecule has 2 aromatic rings. The van der Waals surface area contributed by atoms with Gasteiger partial charge in [0.25, 0.3) is 5.91 Å². The summed E-state index contributed by atoms with van der Waals surface area (Å²) in [7, 11) is 1.55. The predicted octanol–water partition coefficient (Wildman–Crippen LogP) is 2.76. The fraction of sp³-hybridized carbons (Fsp3) is 0.308. The molecule has 2 heterocycles. The molecule has 0 aromatic carbocycles. The molecule has 0 aliphatic carbocycles. The van der Waals surface area contributed by atoms with E-state index in [2.05, 4.69) is 10.6 Å². The van der Waals surface area contributed by atoms with Crippen LogP contribution in [0.4, 0.5) is 10.7 Å². The predicted molar refractivity (Wildman–Crippen MR) is 84.9 cm³/mol. The molecule has 0 fully saturated rings. The summed E-state index contributed by atoms with van der Waals surface area (Å²) in [4.78, 5) is 13.6. The molecule has 0 bridgehead atoms. The van der Waals surface area contributed by atoms with E-state index < -0.39 is 0 Å². The van der Waals surface area contributed by atoms with Crippen LogP contribution in [0, 0.1) is 0 Å². The van der Waals surface area contributed by atoms with Crippen LogP contribution < -0.4 is 21.1 Å². The Bertz CT molecular complexity index is 579. The zero-order chi connectivity index (χ0) is 14.5. The average molecular weight is 311 g/mol. The topological polar surface area (TPSA) is 76.4 Å². The number of carbonyl (C=O) groups is 1. The monoisotopic (exact) mass is 311 g/mol. The number of ether oxygens (including phenoxy) is 1. The van der Waals surface area contributed by atoms with Crippen LogP contribution in [0.5, 0.6) is 5.75 Å². The van der Waals surface area contributed by atoms with Gasteiger partial charge in [0.2, 0.25) is 0 Å². The third-order valence-corrected chi connectivity index (χ3v) is 4.67. The van der Waals surface area contributed by atoms with Crippen molar-refractivity contribution in [2.75, 3.05) is 24.7 Å². The SMILES string of the molecule is CCNC(=O)c1sc(NCc2cccs2)c(OC)c1N. The van der Waals surface area contributed by atoms with Gasteiger partial charge in [0, 0.05) is 11.4 Å². The second-order valence-corrected chi connectivity index (χ2v) is 6.05. The molecule has 7 heteroatoms. The minimum absolute atomic E-state index is 0.169. The normalized spacial score (nSPS) is 10.3. The molecule has 2 rings (SSSR count). The van der Waals surface area contributed by atoms with E-state index in [-0.39, 0.29) is 5.91 Å². The molecule has 108 valence electrons. The molecule has 0 radical (unpaired) electrons. The molecular weight excluding hydrogens is 294 g/mol. The van der Waals surface area contributed by atoms with Crippen LogP contribution in [0.3, 0.4) is 0 Å². The minimum atomic E-state index is -0.169. The molecular formula is C13H17N3O2S2. The number of hydrogen-bond donors (Lipinski definition) is 3. The molecule has 0 atom stereocenters. The van der Waals surface area contributed by atoms with Gasteiger partial charge < -0.3 is 21.1 Å². The van der Waals surface area contributed by atoms with Crippen molar-refractivity contribution in [2.45, 2.75) is 13.5 Å². The number of nitrogen functional groups attached to an aromatic ring is 1. The summed E-state index contributed by atoms with van der Waals surface area (Å²) in [5, 5.41) is 8.82. The molecule has 0 aliphatic heterocycles. The molecule has 2 aromatic heterocycles. The van der Waals surface area contributed by atoms with Crippen molar-refractivity contribution in [2.24, 2.45) is 0 Å². The number of methoxy groups -OCH3 is 1. The van der Waals surface area contributed by atoms with E-state index >= 15 is 0 Å². The van der Waals surface area contributed by atoms with Crippen LogP contribution in [0.1, 0.15) is 21.5 Å². The van der Waals surface area contributed by atoms with Gasteiger partial charge in [-0.15, -0.1) is 22.7 Å². The number of nitrogens with two attached hydrogens (primary N) is 1. The second kappa shape index (κ2) is 6.62. The third-order valence-electron chi connectivity index (χ3n) is 2.65. The van der Waals surface area contributed by atoms with Gasteiger partial charge in [0.05, 0.1) is 13.7 Å². The van der Waals surface area contributed by atoms with Gasteiger partial charge in [-0.25, -0.2) is 0 Å². The maximum absolute atomic E-state index is 11.9. The number of hydrogen-bond acceptors (Lipinski definition) is 6. The molecule has 0 saturated carbocycles. The van der Waals surface area contributed by atoms with Crippen LogP contribution in [-0.4, -0.2) is 19.6 Å². The highest BCUT2D eigenvalue weighted by atomic mass is 32.1. The molecule has 20 heavy (non-hydrogen) atoms. The maximum Gasteiger partial charge on any atom is 0.263 e. The largest absolute Gasteiger partial charge is 0.492 e. The van der Waals surface area contributed by atoms with Crippen molar-refractivity contribution in [3.63, 3.8) is 0 Å². The number of carbonyl (C=O) groups excluding carboxylic acids is 1. The summed E-state index contributed by atoms with van der Waals surface area (Å²) in [5.41, 5.74) is 6.37. The van der Waals surface area contributed by atoms with Gasteiger partial charge in [0.15, 0.2) is 5.75 Å². The summed E-state index contributed by atoms with van der Waals surface area (Å²) in [6.45, 7) is 3.12. The first-order valence-corrected chi connectivity index (χ1v) is 7.87. The van der Waals surface area contributed by atoms with Crippen molar-refractivity contribution in [3.8, 4) is 5.75 Å². The van der Waals surface area contributed by atoms with Crippen LogP contribution in [0.25, 0.3) is 0 Å². The fourth-order valence-electron chi connectivity index (χ4n) is 1.74. The fourth-order valence-corrected chi connectivity index (χ4v) is 3.38. The number of anilines is 2. The second-order valence-electron chi connectivity index (χ2n) is 4.00. The first kappa shape index (κ1) is 14.7. The van der Waals surface area contributed by atoms with Gasteiger partial charge in [-0.1, -0.05) is 6.07 Å². The zero-order valence-corrected chi connectivity index (χ0v) is 13.0. The Labute approximate surface area is 125 Å². The molecule has 0 saturated heterocycles. The van der Waals surface area contributed by atoms with Crippen LogP contribution >= 0.6 is 22.7 Å². The lowest BCUT2D eigenvalue weighted by Gasteiger charge is -2.05. The summed E-state index contributed by atoms with van der Waals surface area (Å²) >= 11 is 2.98. The molecule has 0 aliphatic rings. The lowest BCUT2D eigenvalue weighted by atomic mass is 10.3. The Morgan fingerprint density at radius 2 is 2.30 bits per heavy atom. The van der Waals surface area contributed by atoms with E-state index in [1.54, 1.807) is 18.4 Å². The van der Waals surface area contributed by atoms with E-state index in [0.29, 0.717) is 29.4 Å². The van der Waals surface area contributed by atoms with Gasteiger partial charge in [-0.2, -0.15) is 0 Å². The Morgan fingerprint density at radius 3 is 2.90 bits per heavy atom. The zero-order valence-electron chi connectivity index (χ0n) is 11.4. The molecule has 1 amide bonds. The van der Waals surface area contributed by atoms with Gasteiger partial charge in [-0.05, 0) is 18.4 Å². The lowest BCUT2D eigenvalue weighted by molar-refractivity contribution is 0.0960. The molecule has 0 unspecified atom stereocenters. The van der Waals surface area contributed by atoms with Gasteiger partial charge >= 0.3 is 0 Å². The lowest BCUT2D eigenvalue weighted by Crippen LogP contribution is -2.22. The quantitative estimate of drug-likeness (QED) is 0.766. The van der Waals surface area contributed by atoms with E-state index in [1.165, 1.54) is 16.2 Å². The van der Waals surface area contributed by atoms with Crippen LogP contribution in [0.2, 0.25) is 0 Å². The Hall–Kier alpha value is -1.73. The number of nitrogens with one attached hydrogen (secondary N) is 2. The van der Waals surface area contributed by atoms with Crippen molar-refractivity contribution in [1.82, 2.24) is 5.32 Å². The van der Waals surface area contributed by atoms with E-state index in [0.717, 1.165) is 5.00 Å². The standard InChI is InChI=1S/C13H17N3O2S2/c1-3-15-12(17)11-9(14)10(18-2)13(20-11)16-7-8-5-4-6-19-8/h4-6,16H,3,7,14H2,1-2H3,(H,15,17).